The molecule has 1 aromatic carbocycles. The Morgan fingerprint density at radius 2 is 2.33 bits per heavy atom. The first-order valence-electron chi connectivity index (χ1n) is 4.37. The number of hydrogen-bond donors (Lipinski definition) is 1. The van der Waals surface area contributed by atoms with E-state index >= 15 is 0 Å². The zero-order valence-electron chi connectivity index (χ0n) is 8.07. The van der Waals surface area contributed by atoms with E-state index in [4.69, 9.17) is 0 Å². The van der Waals surface area contributed by atoms with Gasteiger partial charge >= 0.3 is 5.97 Å². The largest absolute Gasteiger partial charge is 0.465 e. The molecule has 0 saturated carbocycles. The summed E-state index contributed by atoms with van der Waals surface area (Å²) in [5.74, 6) is -0.392. The zero-order chi connectivity index (χ0) is 10.8. The quantitative estimate of drug-likeness (QED) is 0.731. The van der Waals surface area contributed by atoms with Gasteiger partial charge in [0.2, 0.25) is 5.12 Å². The molecule has 0 amide bonds. The van der Waals surface area contributed by atoms with E-state index in [9.17, 15) is 9.59 Å². The van der Waals surface area contributed by atoms with Crippen molar-refractivity contribution in [1.82, 2.24) is 0 Å². The summed E-state index contributed by atoms with van der Waals surface area (Å²) in [5.41, 5.74) is 1.34. The third-order valence-corrected chi connectivity index (χ3v) is 2.98. The normalized spacial score (nSPS) is 14.1. The molecule has 1 heterocycles. The fraction of sp³-hybridized carbons (Fsp3) is 0.200. The lowest BCUT2D eigenvalue weighted by molar-refractivity contribution is -0.109. The molecule has 0 unspecified atom stereocenters. The van der Waals surface area contributed by atoms with Gasteiger partial charge < -0.3 is 10.1 Å². The maximum absolute atomic E-state index is 11.2. The summed E-state index contributed by atoms with van der Waals surface area (Å²) in [5, 5.41) is 3.02. The Bertz CT molecular complexity index is 431. The average molecular weight is 223 g/mol. The van der Waals surface area contributed by atoms with Crippen LogP contribution in [0.2, 0.25) is 0 Å². The molecule has 15 heavy (non-hydrogen) atoms. The molecule has 1 aliphatic heterocycles. The second-order valence-corrected chi connectivity index (χ2v) is 4.13. The van der Waals surface area contributed by atoms with E-state index in [1.165, 1.54) is 7.11 Å². The maximum atomic E-state index is 11.2. The molecule has 0 aliphatic carbocycles. The SMILES string of the molecule is COC(=O)c1ccc2c(c1)SC(=O)CN2. The van der Waals surface area contributed by atoms with Crippen LogP contribution in [0.3, 0.4) is 0 Å². The zero-order valence-corrected chi connectivity index (χ0v) is 8.89. The van der Waals surface area contributed by atoms with Crippen LogP contribution in [0.5, 0.6) is 0 Å². The smallest absolute Gasteiger partial charge is 0.337 e. The molecule has 0 fully saturated rings. The summed E-state index contributed by atoms with van der Waals surface area (Å²) in [7, 11) is 1.33. The minimum Gasteiger partial charge on any atom is -0.465 e. The number of carbonyl (C=O) groups is 2. The number of esters is 1. The summed E-state index contributed by atoms with van der Waals surface area (Å²) in [6.45, 7) is 0.329. The Morgan fingerprint density at radius 3 is 3.07 bits per heavy atom. The summed E-state index contributed by atoms with van der Waals surface area (Å²) < 4.78 is 4.60. The monoisotopic (exact) mass is 223 g/mol. The van der Waals surface area contributed by atoms with Crippen LogP contribution < -0.4 is 5.32 Å². The third kappa shape index (κ3) is 1.97. The number of nitrogens with one attached hydrogen (secondary N) is 1. The predicted molar refractivity (Wildman–Crippen MR) is 57.1 cm³/mol. The molecule has 1 N–H and O–H groups in total. The minimum absolute atomic E-state index is 0.0458. The molecule has 0 saturated heterocycles. The van der Waals surface area contributed by atoms with Gasteiger partial charge in [0.25, 0.3) is 0 Å². The van der Waals surface area contributed by atoms with Crippen molar-refractivity contribution in [2.24, 2.45) is 0 Å². The highest BCUT2D eigenvalue weighted by molar-refractivity contribution is 8.14. The summed E-state index contributed by atoms with van der Waals surface area (Å²) >= 11 is 1.14. The Morgan fingerprint density at radius 1 is 1.53 bits per heavy atom. The predicted octanol–water partition coefficient (Wildman–Crippen LogP) is 1.52. The molecule has 0 radical (unpaired) electrons. The van der Waals surface area contributed by atoms with Gasteiger partial charge in [0.05, 0.1) is 19.2 Å². The lowest BCUT2D eigenvalue weighted by atomic mass is 10.2. The molecule has 0 spiro atoms. The first kappa shape index (κ1) is 10.0. The third-order valence-electron chi connectivity index (χ3n) is 2.05. The number of carbonyl (C=O) groups excluding carboxylic acids is 2. The molecule has 0 bridgehead atoms. The number of methoxy groups -OCH3 is 1. The van der Waals surface area contributed by atoms with E-state index in [1.54, 1.807) is 18.2 Å². The van der Waals surface area contributed by atoms with Gasteiger partial charge in [-0.1, -0.05) is 0 Å². The van der Waals surface area contributed by atoms with Crippen molar-refractivity contribution in [3.63, 3.8) is 0 Å². The van der Waals surface area contributed by atoms with Crippen LogP contribution in [-0.2, 0) is 9.53 Å². The van der Waals surface area contributed by atoms with Crippen LogP contribution in [-0.4, -0.2) is 24.7 Å². The van der Waals surface area contributed by atoms with Crippen molar-refractivity contribution in [3.8, 4) is 0 Å². The van der Waals surface area contributed by atoms with Gasteiger partial charge in [-0.15, -0.1) is 0 Å². The van der Waals surface area contributed by atoms with E-state index in [-0.39, 0.29) is 5.12 Å². The van der Waals surface area contributed by atoms with Gasteiger partial charge in [-0.25, -0.2) is 4.79 Å². The van der Waals surface area contributed by atoms with Crippen LogP contribution in [0.1, 0.15) is 10.4 Å². The standard InChI is InChI=1S/C10H9NO3S/c1-14-10(13)6-2-3-7-8(4-6)15-9(12)5-11-7/h2-4,11H,5H2,1H3. The van der Waals surface area contributed by atoms with Gasteiger partial charge in [-0.3, -0.25) is 4.79 Å². The highest BCUT2D eigenvalue weighted by Crippen LogP contribution is 2.32. The number of thioether (sulfide) groups is 1. The van der Waals surface area contributed by atoms with Gasteiger partial charge in [0.1, 0.15) is 0 Å². The van der Waals surface area contributed by atoms with Gasteiger partial charge in [0.15, 0.2) is 0 Å². The van der Waals surface area contributed by atoms with Crippen molar-refractivity contribution in [2.75, 3.05) is 19.0 Å². The summed E-state index contributed by atoms with van der Waals surface area (Å²) in [4.78, 5) is 23.2. The van der Waals surface area contributed by atoms with E-state index in [1.807, 2.05) is 0 Å². The Labute approximate surface area is 91.0 Å². The van der Waals surface area contributed by atoms with Crippen LogP contribution in [0.25, 0.3) is 0 Å². The number of benzene rings is 1. The molecule has 0 aromatic heterocycles. The second-order valence-electron chi connectivity index (χ2n) is 3.03. The topological polar surface area (TPSA) is 55.4 Å². The van der Waals surface area contributed by atoms with Crippen molar-refractivity contribution >= 4 is 28.5 Å². The van der Waals surface area contributed by atoms with Crippen molar-refractivity contribution < 1.29 is 14.3 Å². The van der Waals surface area contributed by atoms with Crippen LogP contribution >= 0.6 is 11.8 Å². The van der Waals surface area contributed by atoms with Crippen LogP contribution in [0, 0.1) is 0 Å². The van der Waals surface area contributed by atoms with E-state index < -0.39 is 5.97 Å². The number of hydrogen-bond acceptors (Lipinski definition) is 5. The molecule has 4 nitrogen and oxygen atoms in total. The Hall–Kier alpha value is -1.49. The van der Waals surface area contributed by atoms with Gasteiger partial charge in [-0.05, 0) is 30.0 Å². The minimum atomic E-state index is -0.392. The second kappa shape index (κ2) is 3.94. The number of ether oxygens (including phenoxy) is 1. The van der Waals surface area contributed by atoms with Crippen LogP contribution in [0.4, 0.5) is 5.69 Å². The molecular formula is C10H9NO3S. The number of anilines is 1. The fourth-order valence-corrected chi connectivity index (χ4v) is 2.15. The molecule has 1 aliphatic rings. The first-order valence-corrected chi connectivity index (χ1v) is 5.19. The lowest BCUT2D eigenvalue weighted by Gasteiger charge is -2.16. The van der Waals surface area contributed by atoms with E-state index in [2.05, 4.69) is 10.1 Å². The molecule has 1 aromatic rings. The number of rotatable bonds is 1. The highest BCUT2D eigenvalue weighted by atomic mass is 32.2. The highest BCUT2D eigenvalue weighted by Gasteiger charge is 2.17. The molecule has 78 valence electrons. The fourth-order valence-electron chi connectivity index (χ4n) is 1.32. The first-order chi connectivity index (χ1) is 7.20. The number of fused-ring (bicyclic) bond motifs is 1. The molecule has 0 atom stereocenters. The van der Waals surface area contributed by atoms with Crippen molar-refractivity contribution in [2.45, 2.75) is 4.90 Å². The maximum Gasteiger partial charge on any atom is 0.337 e. The Kier molecular flexibility index (Phi) is 2.64. The van der Waals surface area contributed by atoms with E-state index in [0.29, 0.717) is 12.1 Å². The molecule has 2 rings (SSSR count). The summed E-state index contributed by atoms with van der Waals surface area (Å²) in [6, 6.07) is 5.12. The van der Waals surface area contributed by atoms with Crippen molar-refractivity contribution in [3.05, 3.63) is 23.8 Å². The Balaban J connectivity index is 2.36. The molecule has 5 heteroatoms. The van der Waals surface area contributed by atoms with Gasteiger partial charge in [-0.2, -0.15) is 0 Å². The average Bonchev–Trinajstić information content (AvgIpc) is 2.27. The molecular weight excluding hydrogens is 214 g/mol. The van der Waals surface area contributed by atoms with Crippen molar-refractivity contribution in [1.29, 1.82) is 0 Å². The van der Waals surface area contributed by atoms with Crippen LogP contribution in [0.15, 0.2) is 23.1 Å². The lowest BCUT2D eigenvalue weighted by Crippen LogP contribution is -2.16. The summed E-state index contributed by atoms with van der Waals surface area (Å²) in [6.07, 6.45) is 0. The van der Waals surface area contributed by atoms with E-state index in [0.717, 1.165) is 22.3 Å². The van der Waals surface area contributed by atoms with Gasteiger partial charge in [0, 0.05) is 10.6 Å².